The fourth-order valence-electron chi connectivity index (χ4n) is 2.97. The Morgan fingerprint density at radius 3 is 2.65 bits per heavy atom. The monoisotopic (exact) mass is 360 g/mol. The maximum absolute atomic E-state index is 13.7. The van der Waals surface area contributed by atoms with Crippen molar-refractivity contribution in [1.82, 2.24) is 9.47 Å². The fourth-order valence-corrected chi connectivity index (χ4v) is 2.97. The van der Waals surface area contributed by atoms with E-state index >= 15 is 0 Å². The number of aliphatic hydroxyl groups excluding tert-OH is 1. The van der Waals surface area contributed by atoms with Gasteiger partial charge >= 0.3 is 0 Å². The summed E-state index contributed by atoms with van der Waals surface area (Å²) in [5.74, 6) is -0.468. The van der Waals surface area contributed by atoms with E-state index in [0.717, 1.165) is 25.9 Å². The molecule has 0 saturated carbocycles. The number of hydrogen-bond acceptors (Lipinski definition) is 4. The van der Waals surface area contributed by atoms with E-state index in [2.05, 4.69) is 0 Å². The summed E-state index contributed by atoms with van der Waals surface area (Å²) in [5, 5.41) is 9.48. The molecular weight excluding hydrogens is 339 g/mol. The second kappa shape index (κ2) is 8.14. The molecule has 1 aromatic heterocycles. The molecule has 0 spiro atoms. The highest BCUT2D eigenvalue weighted by atomic mass is 19.1. The molecule has 2 aromatic rings. The first-order chi connectivity index (χ1) is 12.6. The molecule has 0 aliphatic carbocycles. The van der Waals surface area contributed by atoms with Gasteiger partial charge in [0.2, 0.25) is 11.3 Å². The molecule has 138 valence electrons. The van der Waals surface area contributed by atoms with Crippen molar-refractivity contribution in [3.8, 4) is 5.75 Å². The highest BCUT2D eigenvalue weighted by molar-refractivity contribution is 5.76. The summed E-state index contributed by atoms with van der Waals surface area (Å²) < 4.78 is 20.7. The molecule has 1 N–H and O–H groups in total. The molecule has 1 amide bonds. The molecule has 0 bridgehead atoms. The van der Waals surface area contributed by atoms with Crippen LogP contribution in [0.25, 0.3) is 0 Å². The Morgan fingerprint density at radius 2 is 1.96 bits per heavy atom. The van der Waals surface area contributed by atoms with Crippen LogP contribution in [0.4, 0.5) is 4.39 Å². The van der Waals surface area contributed by atoms with Crippen molar-refractivity contribution in [3.63, 3.8) is 0 Å². The minimum absolute atomic E-state index is 0.0136. The third-order valence-corrected chi connectivity index (χ3v) is 4.45. The van der Waals surface area contributed by atoms with E-state index in [1.165, 1.54) is 22.9 Å². The Hall–Kier alpha value is -2.67. The summed E-state index contributed by atoms with van der Waals surface area (Å²) in [4.78, 5) is 26.3. The van der Waals surface area contributed by atoms with Crippen LogP contribution >= 0.6 is 0 Å². The molecule has 1 aliphatic rings. The summed E-state index contributed by atoms with van der Waals surface area (Å²) in [6.07, 6.45) is 3.38. The van der Waals surface area contributed by atoms with Crippen LogP contribution in [-0.4, -0.2) is 33.6 Å². The SMILES string of the molecule is O=C(Cn1cc(OCc2ccccc2F)c(=O)cc1CO)N1CCCC1. The molecule has 0 atom stereocenters. The van der Waals surface area contributed by atoms with Gasteiger partial charge in [0.1, 0.15) is 19.0 Å². The first kappa shape index (κ1) is 18.1. The van der Waals surface area contributed by atoms with E-state index in [4.69, 9.17) is 4.74 Å². The Kier molecular flexibility index (Phi) is 5.68. The van der Waals surface area contributed by atoms with Crippen LogP contribution in [0.2, 0.25) is 0 Å². The van der Waals surface area contributed by atoms with E-state index in [1.54, 1.807) is 23.1 Å². The number of aromatic nitrogens is 1. The van der Waals surface area contributed by atoms with Crippen LogP contribution < -0.4 is 10.2 Å². The zero-order valence-electron chi connectivity index (χ0n) is 14.4. The molecule has 1 aromatic carbocycles. The molecule has 7 heteroatoms. The van der Waals surface area contributed by atoms with Gasteiger partial charge in [0, 0.05) is 30.4 Å². The van der Waals surface area contributed by atoms with Crippen molar-refractivity contribution in [2.45, 2.75) is 32.6 Å². The average Bonchev–Trinajstić information content (AvgIpc) is 3.17. The molecule has 0 radical (unpaired) electrons. The lowest BCUT2D eigenvalue weighted by molar-refractivity contribution is -0.130. The number of pyridine rings is 1. The van der Waals surface area contributed by atoms with Crippen molar-refractivity contribution >= 4 is 5.91 Å². The molecule has 1 fully saturated rings. The largest absolute Gasteiger partial charge is 0.483 e. The maximum Gasteiger partial charge on any atom is 0.242 e. The molecule has 0 unspecified atom stereocenters. The molecule has 1 saturated heterocycles. The van der Waals surface area contributed by atoms with Crippen LogP contribution in [0.3, 0.4) is 0 Å². The third-order valence-electron chi connectivity index (χ3n) is 4.45. The van der Waals surface area contributed by atoms with Crippen LogP contribution in [0.1, 0.15) is 24.1 Å². The third kappa shape index (κ3) is 4.11. The molecule has 1 aliphatic heterocycles. The van der Waals surface area contributed by atoms with Gasteiger partial charge in [-0.3, -0.25) is 9.59 Å². The Labute approximate surface area is 150 Å². The Morgan fingerprint density at radius 1 is 1.23 bits per heavy atom. The minimum Gasteiger partial charge on any atom is -0.483 e. The number of amides is 1. The van der Waals surface area contributed by atoms with E-state index in [9.17, 15) is 19.1 Å². The first-order valence-corrected chi connectivity index (χ1v) is 8.56. The lowest BCUT2D eigenvalue weighted by Crippen LogP contribution is -2.32. The van der Waals surface area contributed by atoms with Crippen LogP contribution in [0.15, 0.2) is 41.3 Å². The number of hydrogen-bond donors (Lipinski definition) is 1. The van der Waals surface area contributed by atoms with Crippen molar-refractivity contribution in [2.24, 2.45) is 0 Å². The molecule has 6 nitrogen and oxygen atoms in total. The summed E-state index contributed by atoms with van der Waals surface area (Å²) in [5.41, 5.74) is 0.244. The van der Waals surface area contributed by atoms with E-state index < -0.39 is 11.2 Å². The average molecular weight is 360 g/mol. The number of carbonyl (C=O) groups excluding carboxylic acids is 1. The highest BCUT2D eigenvalue weighted by Crippen LogP contribution is 2.14. The normalized spacial score (nSPS) is 13.8. The Balaban J connectivity index is 1.78. The van der Waals surface area contributed by atoms with Gasteiger partial charge in [-0.25, -0.2) is 4.39 Å². The van der Waals surface area contributed by atoms with Gasteiger partial charge in [-0.15, -0.1) is 0 Å². The van der Waals surface area contributed by atoms with Gasteiger partial charge in [0.05, 0.1) is 12.8 Å². The number of halogens is 1. The summed E-state index contributed by atoms with van der Waals surface area (Å²) in [6, 6.07) is 7.40. The van der Waals surface area contributed by atoms with Gasteiger partial charge in [-0.2, -0.15) is 0 Å². The predicted molar refractivity (Wildman–Crippen MR) is 93.2 cm³/mol. The van der Waals surface area contributed by atoms with Gasteiger partial charge in [-0.1, -0.05) is 18.2 Å². The molecule has 3 rings (SSSR count). The minimum atomic E-state index is -0.421. The molecule has 26 heavy (non-hydrogen) atoms. The van der Waals surface area contributed by atoms with Crippen molar-refractivity contribution < 1.29 is 19.0 Å². The topological polar surface area (TPSA) is 71.8 Å². The smallest absolute Gasteiger partial charge is 0.242 e. The standard InChI is InChI=1S/C19H21FN2O4/c20-16-6-2-1-5-14(16)13-26-18-10-22(15(12-23)9-17(18)24)11-19(25)21-7-3-4-8-21/h1-2,5-6,9-10,23H,3-4,7-8,11-13H2. The summed E-state index contributed by atoms with van der Waals surface area (Å²) >= 11 is 0. The Bertz CT molecular complexity index is 844. The van der Waals surface area contributed by atoms with Crippen LogP contribution in [0, 0.1) is 5.82 Å². The summed E-state index contributed by atoms with van der Waals surface area (Å²) in [6.45, 7) is 1.01. The molecule has 2 heterocycles. The maximum atomic E-state index is 13.7. The number of benzene rings is 1. The van der Waals surface area contributed by atoms with Crippen LogP contribution in [-0.2, 0) is 24.6 Å². The number of rotatable bonds is 6. The lowest BCUT2D eigenvalue weighted by Gasteiger charge is -2.19. The second-order valence-corrected chi connectivity index (χ2v) is 6.25. The number of carbonyl (C=O) groups is 1. The highest BCUT2D eigenvalue weighted by Gasteiger charge is 2.19. The van der Waals surface area contributed by atoms with Crippen molar-refractivity contribution in [3.05, 3.63) is 63.8 Å². The number of ether oxygens (including phenoxy) is 1. The predicted octanol–water partition coefficient (Wildman–Crippen LogP) is 1.68. The summed E-state index contributed by atoms with van der Waals surface area (Å²) in [7, 11) is 0. The van der Waals surface area contributed by atoms with E-state index in [-0.39, 0.29) is 31.4 Å². The first-order valence-electron chi connectivity index (χ1n) is 8.56. The lowest BCUT2D eigenvalue weighted by atomic mass is 10.2. The number of likely N-dealkylation sites (tertiary alicyclic amines) is 1. The second-order valence-electron chi connectivity index (χ2n) is 6.25. The zero-order chi connectivity index (χ0) is 18.5. The number of nitrogens with zero attached hydrogens (tertiary/aromatic N) is 2. The van der Waals surface area contributed by atoms with Crippen LogP contribution in [0.5, 0.6) is 5.75 Å². The van der Waals surface area contributed by atoms with Crippen molar-refractivity contribution in [1.29, 1.82) is 0 Å². The molecular formula is C19H21FN2O4. The number of aliphatic hydroxyl groups is 1. The van der Waals surface area contributed by atoms with Crippen molar-refractivity contribution in [2.75, 3.05) is 13.1 Å². The van der Waals surface area contributed by atoms with Gasteiger partial charge in [0.25, 0.3) is 0 Å². The van der Waals surface area contributed by atoms with Gasteiger partial charge in [-0.05, 0) is 18.9 Å². The van der Waals surface area contributed by atoms with Gasteiger partial charge < -0.3 is 19.3 Å². The zero-order valence-corrected chi connectivity index (χ0v) is 14.4. The van der Waals surface area contributed by atoms with Gasteiger partial charge in [0.15, 0.2) is 5.75 Å². The quantitative estimate of drug-likeness (QED) is 0.851. The fraction of sp³-hybridized carbons (Fsp3) is 0.368. The van der Waals surface area contributed by atoms with E-state index in [0.29, 0.717) is 11.3 Å². The van der Waals surface area contributed by atoms with E-state index in [1.807, 2.05) is 0 Å².